The Hall–Kier alpha value is -2.50. The minimum atomic E-state index is -0.330. The lowest BCUT2D eigenvalue weighted by Crippen LogP contribution is -2.21. The highest BCUT2D eigenvalue weighted by atomic mass is 19.1. The molecule has 1 aromatic heterocycles. The van der Waals surface area contributed by atoms with Crippen LogP contribution in [0.2, 0.25) is 0 Å². The van der Waals surface area contributed by atoms with Gasteiger partial charge in [-0.2, -0.15) is 0 Å². The van der Waals surface area contributed by atoms with Crippen molar-refractivity contribution in [2.45, 2.75) is 25.4 Å². The smallest absolute Gasteiger partial charge is 0.208 e. The molecule has 0 aliphatic carbocycles. The van der Waals surface area contributed by atoms with E-state index in [1.54, 1.807) is 24.4 Å². The van der Waals surface area contributed by atoms with E-state index in [0.29, 0.717) is 30.2 Å². The number of rotatable bonds is 8. The number of aliphatic hydroxyl groups is 1. The highest BCUT2D eigenvalue weighted by molar-refractivity contribution is 5.56. The number of nitrogens with one attached hydrogen (secondary N) is 1. The van der Waals surface area contributed by atoms with Crippen molar-refractivity contribution in [1.82, 2.24) is 10.3 Å². The number of hydrogen-bond acceptors (Lipinski definition) is 4. The molecule has 3 rings (SSSR count). The van der Waals surface area contributed by atoms with Gasteiger partial charge in [-0.05, 0) is 30.5 Å². The Morgan fingerprint density at radius 2 is 1.84 bits per heavy atom. The van der Waals surface area contributed by atoms with Gasteiger partial charge in [-0.15, -0.1) is 0 Å². The highest BCUT2D eigenvalue weighted by Gasteiger charge is 2.14. The second kappa shape index (κ2) is 8.55. The lowest BCUT2D eigenvalue weighted by Gasteiger charge is -2.18. The molecule has 25 heavy (non-hydrogen) atoms. The molecule has 0 aliphatic rings. The molecule has 0 spiro atoms. The monoisotopic (exact) mass is 340 g/mol. The van der Waals surface area contributed by atoms with Gasteiger partial charge in [0.25, 0.3) is 0 Å². The molecule has 1 atom stereocenters. The fraction of sp³-hybridized carbons (Fsp3) is 0.250. The summed E-state index contributed by atoms with van der Waals surface area (Å²) in [6.07, 6.45) is 3.06. The van der Waals surface area contributed by atoms with Crippen LogP contribution in [-0.2, 0) is 6.54 Å². The summed E-state index contributed by atoms with van der Waals surface area (Å²) in [7, 11) is 0. The third kappa shape index (κ3) is 4.53. The van der Waals surface area contributed by atoms with E-state index in [9.17, 15) is 4.39 Å². The molecule has 5 heteroatoms. The van der Waals surface area contributed by atoms with Gasteiger partial charge in [0, 0.05) is 12.6 Å². The molecule has 2 N–H and O–H groups in total. The highest BCUT2D eigenvalue weighted by Crippen LogP contribution is 2.24. The van der Waals surface area contributed by atoms with Crippen LogP contribution in [0, 0.1) is 5.82 Å². The van der Waals surface area contributed by atoms with Crippen LogP contribution in [-0.4, -0.2) is 16.7 Å². The number of hydrogen-bond donors (Lipinski definition) is 2. The summed E-state index contributed by atoms with van der Waals surface area (Å²) in [5, 5.41) is 12.5. The lowest BCUT2D eigenvalue weighted by atomic mass is 10.0. The van der Waals surface area contributed by atoms with Gasteiger partial charge in [0.15, 0.2) is 5.76 Å². The van der Waals surface area contributed by atoms with Crippen molar-refractivity contribution in [2.75, 3.05) is 6.61 Å². The van der Waals surface area contributed by atoms with Crippen LogP contribution in [0.25, 0.3) is 11.3 Å². The van der Waals surface area contributed by atoms with E-state index in [0.717, 1.165) is 12.0 Å². The van der Waals surface area contributed by atoms with Crippen molar-refractivity contribution in [1.29, 1.82) is 0 Å². The summed E-state index contributed by atoms with van der Waals surface area (Å²) in [5.74, 6) is 0.591. The van der Waals surface area contributed by atoms with E-state index >= 15 is 0 Å². The van der Waals surface area contributed by atoms with Gasteiger partial charge in [-0.1, -0.05) is 42.5 Å². The average Bonchev–Trinajstić information content (AvgIpc) is 3.12. The number of benzene rings is 2. The summed E-state index contributed by atoms with van der Waals surface area (Å²) in [4.78, 5) is 4.23. The zero-order valence-electron chi connectivity index (χ0n) is 13.9. The Morgan fingerprint density at radius 1 is 1.08 bits per heavy atom. The van der Waals surface area contributed by atoms with Gasteiger partial charge in [0.05, 0.1) is 18.3 Å². The van der Waals surface area contributed by atoms with Gasteiger partial charge in [-0.25, -0.2) is 9.37 Å². The second-order valence-corrected chi connectivity index (χ2v) is 5.81. The summed E-state index contributed by atoms with van der Waals surface area (Å²) >= 11 is 0. The number of nitrogens with zero attached hydrogens (tertiary/aromatic N) is 1. The minimum absolute atomic E-state index is 0.0946. The molecule has 1 heterocycles. The molecule has 1 unspecified atom stereocenters. The molecule has 4 nitrogen and oxygen atoms in total. The van der Waals surface area contributed by atoms with Gasteiger partial charge < -0.3 is 14.8 Å². The Balaban J connectivity index is 1.68. The molecule has 0 fully saturated rings. The van der Waals surface area contributed by atoms with Gasteiger partial charge in [0.1, 0.15) is 5.82 Å². The van der Waals surface area contributed by atoms with Crippen molar-refractivity contribution < 1.29 is 13.9 Å². The molecule has 0 amide bonds. The topological polar surface area (TPSA) is 58.3 Å². The second-order valence-electron chi connectivity index (χ2n) is 5.81. The Labute approximate surface area is 146 Å². The van der Waals surface area contributed by atoms with Crippen molar-refractivity contribution >= 4 is 0 Å². The van der Waals surface area contributed by atoms with E-state index in [1.165, 1.54) is 6.07 Å². The van der Waals surface area contributed by atoms with Crippen LogP contribution in [0.5, 0.6) is 0 Å². The van der Waals surface area contributed by atoms with E-state index < -0.39 is 0 Å². The zero-order chi connectivity index (χ0) is 17.5. The minimum Gasteiger partial charge on any atom is -0.439 e. The molecule has 0 saturated heterocycles. The third-order valence-electron chi connectivity index (χ3n) is 4.05. The van der Waals surface area contributed by atoms with Crippen LogP contribution in [0.4, 0.5) is 4.39 Å². The van der Waals surface area contributed by atoms with Crippen molar-refractivity contribution in [3.05, 3.63) is 78.1 Å². The molecule has 0 bridgehead atoms. The predicted molar refractivity (Wildman–Crippen MR) is 94.2 cm³/mol. The molecule has 0 aliphatic heterocycles. The number of oxazole rings is 1. The largest absolute Gasteiger partial charge is 0.439 e. The maximum Gasteiger partial charge on any atom is 0.208 e. The quantitative estimate of drug-likeness (QED) is 0.649. The van der Waals surface area contributed by atoms with Crippen LogP contribution in [0.15, 0.2) is 65.2 Å². The van der Waals surface area contributed by atoms with Crippen LogP contribution in [0.3, 0.4) is 0 Å². The molecule has 3 aromatic rings. The third-order valence-corrected chi connectivity index (χ3v) is 4.05. The fourth-order valence-electron chi connectivity index (χ4n) is 2.76. The molecule has 130 valence electrons. The van der Waals surface area contributed by atoms with Crippen LogP contribution in [0.1, 0.15) is 30.3 Å². The van der Waals surface area contributed by atoms with Gasteiger partial charge in [0.2, 0.25) is 5.89 Å². The Morgan fingerprint density at radius 3 is 2.60 bits per heavy atom. The maximum absolute atomic E-state index is 13.8. The normalized spacial score (nSPS) is 12.2. The Bertz CT molecular complexity index is 789. The van der Waals surface area contributed by atoms with E-state index in [1.807, 2.05) is 18.2 Å². The fourth-order valence-corrected chi connectivity index (χ4v) is 2.76. The first-order chi connectivity index (χ1) is 12.3. The summed E-state index contributed by atoms with van der Waals surface area (Å²) in [6, 6.07) is 16.6. The summed E-state index contributed by atoms with van der Waals surface area (Å²) in [6.45, 7) is 0.584. The van der Waals surface area contributed by atoms with E-state index in [-0.39, 0.29) is 18.5 Å². The summed E-state index contributed by atoms with van der Waals surface area (Å²) in [5.41, 5.74) is 1.55. The van der Waals surface area contributed by atoms with Crippen LogP contribution < -0.4 is 5.32 Å². The number of aliphatic hydroxyl groups excluding tert-OH is 1. The first-order valence-corrected chi connectivity index (χ1v) is 8.36. The molecule has 2 aromatic carbocycles. The predicted octanol–water partition coefficient (Wildman–Crippen LogP) is 4.08. The van der Waals surface area contributed by atoms with Crippen molar-refractivity contribution in [3.63, 3.8) is 0 Å². The standard InChI is InChI=1S/C20H21FN2O2/c21-17-10-5-4-9-16(17)19-13-23-20(25-19)14-22-18(11-6-12-24)15-7-2-1-3-8-15/h1-5,7-10,13,18,22,24H,6,11-12,14H2. The SMILES string of the molecule is OCCCC(NCc1ncc(-c2ccccc2F)o1)c1ccccc1. The summed E-state index contributed by atoms with van der Waals surface area (Å²) < 4.78 is 19.5. The first-order valence-electron chi connectivity index (χ1n) is 8.36. The van der Waals surface area contributed by atoms with Crippen molar-refractivity contribution in [3.8, 4) is 11.3 Å². The first kappa shape index (κ1) is 17.3. The zero-order valence-corrected chi connectivity index (χ0v) is 13.9. The molecule has 0 radical (unpaired) electrons. The molecule has 0 saturated carbocycles. The lowest BCUT2D eigenvalue weighted by molar-refractivity contribution is 0.274. The van der Waals surface area contributed by atoms with Crippen molar-refractivity contribution in [2.24, 2.45) is 0 Å². The van der Waals surface area contributed by atoms with Gasteiger partial charge >= 0.3 is 0 Å². The molecular weight excluding hydrogens is 319 g/mol. The number of aromatic nitrogens is 1. The van der Waals surface area contributed by atoms with Gasteiger partial charge in [-0.3, -0.25) is 0 Å². The average molecular weight is 340 g/mol. The van der Waals surface area contributed by atoms with E-state index in [2.05, 4.69) is 22.4 Å². The number of halogens is 1. The van der Waals surface area contributed by atoms with E-state index in [4.69, 9.17) is 9.52 Å². The van der Waals surface area contributed by atoms with Crippen LogP contribution >= 0.6 is 0 Å². The molecular formula is C20H21FN2O2. The Kier molecular flexibility index (Phi) is 5.93. The maximum atomic E-state index is 13.8.